The molecule has 0 atom stereocenters. The molecule has 4 N–H and O–H groups in total. The lowest BCUT2D eigenvalue weighted by molar-refractivity contribution is 0.471. The van der Waals surface area contributed by atoms with E-state index in [1.54, 1.807) is 0 Å². The number of thioether (sulfide) groups is 1. The maximum Gasteiger partial charge on any atom is 0.243 e. The summed E-state index contributed by atoms with van der Waals surface area (Å²) < 4.78 is 0. The quantitative estimate of drug-likeness (QED) is 0.553. The van der Waals surface area contributed by atoms with Crippen molar-refractivity contribution in [3.05, 3.63) is 0 Å². The minimum absolute atomic E-state index is 0.379. The van der Waals surface area contributed by atoms with Crippen LogP contribution in [-0.4, -0.2) is 46.6 Å². The summed E-state index contributed by atoms with van der Waals surface area (Å²) in [5.74, 6) is 6.96. The SMILES string of the molecule is CSC1CCC(Nc2nc(NN)nc(N(C)C)n2)CC1. The minimum Gasteiger partial charge on any atom is -0.351 e. The minimum atomic E-state index is 0.379. The van der Waals surface area contributed by atoms with Crippen LogP contribution < -0.4 is 21.5 Å². The van der Waals surface area contributed by atoms with Gasteiger partial charge in [-0.05, 0) is 31.9 Å². The molecule has 0 bridgehead atoms. The summed E-state index contributed by atoms with van der Waals surface area (Å²) in [5.41, 5.74) is 2.48. The van der Waals surface area contributed by atoms with E-state index >= 15 is 0 Å². The molecule has 1 aromatic rings. The van der Waals surface area contributed by atoms with Crippen molar-refractivity contribution in [1.82, 2.24) is 15.0 Å². The second kappa shape index (κ2) is 6.94. The highest BCUT2D eigenvalue weighted by molar-refractivity contribution is 7.99. The van der Waals surface area contributed by atoms with Crippen molar-refractivity contribution in [2.45, 2.75) is 37.0 Å². The van der Waals surface area contributed by atoms with Crippen molar-refractivity contribution in [3.8, 4) is 0 Å². The van der Waals surface area contributed by atoms with E-state index in [0.717, 1.165) is 18.1 Å². The second-order valence-corrected chi connectivity index (χ2v) is 6.31. The molecule has 0 aliphatic heterocycles. The molecular formula is C12H23N7S. The van der Waals surface area contributed by atoms with Gasteiger partial charge in [-0.25, -0.2) is 5.84 Å². The van der Waals surface area contributed by atoms with Gasteiger partial charge in [0.05, 0.1) is 0 Å². The van der Waals surface area contributed by atoms with Crippen LogP contribution in [0.3, 0.4) is 0 Å². The molecule has 1 heterocycles. The van der Waals surface area contributed by atoms with Gasteiger partial charge in [-0.1, -0.05) is 0 Å². The van der Waals surface area contributed by atoms with Gasteiger partial charge in [0.15, 0.2) is 0 Å². The van der Waals surface area contributed by atoms with Gasteiger partial charge in [0.25, 0.3) is 0 Å². The van der Waals surface area contributed by atoms with Gasteiger partial charge < -0.3 is 10.2 Å². The average Bonchev–Trinajstić information content (AvgIpc) is 2.47. The Labute approximate surface area is 124 Å². The van der Waals surface area contributed by atoms with Crippen molar-refractivity contribution in [3.63, 3.8) is 0 Å². The maximum absolute atomic E-state index is 5.41. The van der Waals surface area contributed by atoms with Crippen molar-refractivity contribution in [2.24, 2.45) is 5.84 Å². The zero-order chi connectivity index (χ0) is 14.5. The smallest absolute Gasteiger partial charge is 0.243 e. The molecule has 7 nitrogen and oxygen atoms in total. The Balaban J connectivity index is 2.03. The number of hydrogen-bond donors (Lipinski definition) is 3. The maximum atomic E-state index is 5.41. The second-order valence-electron chi connectivity index (χ2n) is 5.18. The molecule has 1 aliphatic rings. The summed E-state index contributed by atoms with van der Waals surface area (Å²) in [4.78, 5) is 14.7. The Morgan fingerprint density at radius 3 is 2.30 bits per heavy atom. The zero-order valence-corrected chi connectivity index (χ0v) is 13.1. The fourth-order valence-corrected chi connectivity index (χ4v) is 3.06. The highest BCUT2D eigenvalue weighted by Crippen LogP contribution is 2.28. The van der Waals surface area contributed by atoms with Crippen LogP contribution in [0, 0.1) is 0 Å². The van der Waals surface area contributed by atoms with Gasteiger partial charge >= 0.3 is 0 Å². The summed E-state index contributed by atoms with van der Waals surface area (Å²) in [6, 6.07) is 0.432. The van der Waals surface area contributed by atoms with Crippen LogP contribution in [0.1, 0.15) is 25.7 Å². The van der Waals surface area contributed by atoms with Crippen LogP contribution in [0.15, 0.2) is 0 Å². The molecule has 112 valence electrons. The zero-order valence-electron chi connectivity index (χ0n) is 12.3. The Morgan fingerprint density at radius 1 is 1.10 bits per heavy atom. The van der Waals surface area contributed by atoms with Crippen LogP contribution in [-0.2, 0) is 0 Å². The third kappa shape index (κ3) is 3.86. The number of rotatable bonds is 5. The number of hydrogen-bond acceptors (Lipinski definition) is 8. The lowest BCUT2D eigenvalue weighted by Crippen LogP contribution is -2.28. The Kier molecular flexibility index (Phi) is 5.24. The summed E-state index contributed by atoms with van der Waals surface area (Å²) in [6.45, 7) is 0. The van der Waals surface area contributed by atoms with E-state index in [4.69, 9.17) is 5.84 Å². The van der Waals surface area contributed by atoms with E-state index in [-0.39, 0.29) is 0 Å². The average molecular weight is 297 g/mol. The van der Waals surface area contributed by atoms with Gasteiger partial charge in [-0.2, -0.15) is 26.7 Å². The van der Waals surface area contributed by atoms with Crippen LogP contribution in [0.25, 0.3) is 0 Å². The molecule has 0 unspecified atom stereocenters. The van der Waals surface area contributed by atoms with Gasteiger partial charge in [0.1, 0.15) is 0 Å². The lowest BCUT2D eigenvalue weighted by Gasteiger charge is -2.28. The van der Waals surface area contributed by atoms with Gasteiger partial charge in [-0.3, -0.25) is 5.43 Å². The normalized spacial score (nSPS) is 22.4. The number of nitrogens with zero attached hydrogens (tertiary/aromatic N) is 4. The monoisotopic (exact) mass is 297 g/mol. The first kappa shape index (κ1) is 15.1. The van der Waals surface area contributed by atoms with E-state index < -0.39 is 0 Å². The Hall–Kier alpha value is -1.28. The largest absolute Gasteiger partial charge is 0.351 e. The fourth-order valence-electron chi connectivity index (χ4n) is 2.32. The molecular weight excluding hydrogens is 274 g/mol. The molecule has 1 aromatic heterocycles. The first-order chi connectivity index (χ1) is 9.62. The Bertz CT molecular complexity index is 432. The van der Waals surface area contributed by atoms with E-state index in [1.165, 1.54) is 12.8 Å². The predicted molar refractivity (Wildman–Crippen MR) is 85.1 cm³/mol. The first-order valence-corrected chi connectivity index (χ1v) is 8.10. The number of nitrogen functional groups attached to an aromatic ring is 1. The van der Waals surface area contributed by atoms with E-state index in [9.17, 15) is 0 Å². The van der Waals surface area contributed by atoms with Crippen LogP contribution in [0.2, 0.25) is 0 Å². The third-order valence-electron chi connectivity index (χ3n) is 3.49. The van der Waals surface area contributed by atoms with Gasteiger partial charge in [0.2, 0.25) is 17.8 Å². The highest BCUT2D eigenvalue weighted by atomic mass is 32.2. The molecule has 1 saturated carbocycles. The summed E-state index contributed by atoms with van der Waals surface area (Å²) in [5, 5.41) is 4.20. The van der Waals surface area contributed by atoms with E-state index in [0.29, 0.717) is 23.9 Å². The van der Waals surface area contributed by atoms with Gasteiger partial charge in [0, 0.05) is 25.4 Å². The standard InChI is InChI=1S/C12H23N7S/c1-19(2)12-16-10(15-11(17-12)18-13)14-8-4-6-9(20-3)7-5-8/h8-9H,4-7,13H2,1-3H3,(H2,14,15,16,17,18). The van der Waals surface area contributed by atoms with Crippen molar-refractivity contribution in [1.29, 1.82) is 0 Å². The number of nitrogens with two attached hydrogens (primary N) is 1. The molecule has 0 saturated heterocycles. The van der Waals surface area contributed by atoms with Crippen LogP contribution in [0.5, 0.6) is 0 Å². The van der Waals surface area contributed by atoms with Crippen molar-refractivity contribution < 1.29 is 0 Å². The Morgan fingerprint density at radius 2 is 1.75 bits per heavy atom. The molecule has 0 spiro atoms. The molecule has 1 fully saturated rings. The van der Waals surface area contributed by atoms with E-state index in [1.807, 2.05) is 30.8 Å². The van der Waals surface area contributed by atoms with Crippen molar-refractivity contribution >= 4 is 29.6 Å². The number of nitrogens with one attached hydrogen (secondary N) is 2. The summed E-state index contributed by atoms with van der Waals surface area (Å²) in [7, 11) is 3.78. The highest BCUT2D eigenvalue weighted by Gasteiger charge is 2.21. The topological polar surface area (TPSA) is 92.0 Å². The molecule has 0 aromatic carbocycles. The fraction of sp³-hybridized carbons (Fsp3) is 0.750. The van der Waals surface area contributed by atoms with Gasteiger partial charge in [-0.15, -0.1) is 0 Å². The third-order valence-corrected chi connectivity index (χ3v) is 4.63. The molecule has 0 radical (unpaired) electrons. The first-order valence-electron chi connectivity index (χ1n) is 6.81. The van der Waals surface area contributed by atoms with E-state index in [2.05, 4.69) is 32.0 Å². The number of hydrazine groups is 1. The number of anilines is 3. The van der Waals surface area contributed by atoms with Crippen molar-refractivity contribution in [2.75, 3.05) is 36.0 Å². The summed E-state index contributed by atoms with van der Waals surface area (Å²) in [6.07, 6.45) is 6.98. The molecule has 8 heteroatoms. The molecule has 1 aliphatic carbocycles. The molecule has 2 rings (SSSR count). The molecule has 20 heavy (non-hydrogen) atoms. The number of aromatic nitrogens is 3. The van der Waals surface area contributed by atoms with Crippen LogP contribution >= 0.6 is 11.8 Å². The summed E-state index contributed by atoms with van der Waals surface area (Å²) >= 11 is 1.96. The molecule has 0 amide bonds. The van der Waals surface area contributed by atoms with Crippen LogP contribution in [0.4, 0.5) is 17.8 Å². The lowest BCUT2D eigenvalue weighted by atomic mass is 9.95. The predicted octanol–water partition coefficient (Wildman–Crippen LogP) is 1.31.